The zero-order valence-corrected chi connectivity index (χ0v) is 16.5. The Hall–Kier alpha value is -2.18. The Labute approximate surface area is 167 Å². The number of allylic oxidation sites excluding steroid dienone is 1. The minimum Gasteiger partial charge on any atom is -0.395 e. The highest BCUT2D eigenvalue weighted by Gasteiger charge is 2.36. The minimum absolute atomic E-state index is 0.0478. The Morgan fingerprint density at radius 3 is 2.46 bits per heavy atom. The van der Waals surface area contributed by atoms with Crippen molar-refractivity contribution in [3.05, 3.63) is 48.6 Å². The van der Waals surface area contributed by atoms with Gasteiger partial charge in [0.15, 0.2) is 0 Å². The lowest BCUT2D eigenvalue weighted by Gasteiger charge is -2.31. The molecule has 1 aliphatic carbocycles. The summed E-state index contributed by atoms with van der Waals surface area (Å²) in [6, 6.07) is 9.57. The highest BCUT2D eigenvalue weighted by atomic mass is 16.3. The van der Waals surface area contributed by atoms with Crippen LogP contribution in [0.3, 0.4) is 0 Å². The van der Waals surface area contributed by atoms with E-state index in [2.05, 4.69) is 11.9 Å². The summed E-state index contributed by atoms with van der Waals surface area (Å²) in [4.78, 5) is 27.3. The van der Waals surface area contributed by atoms with Gasteiger partial charge in [0, 0.05) is 19.5 Å². The molecule has 1 aromatic rings. The first-order valence-electron chi connectivity index (χ1n) is 10.00. The minimum atomic E-state index is -0.561. The average Bonchev–Trinajstić information content (AvgIpc) is 3.17. The molecule has 154 valence electrons. The van der Waals surface area contributed by atoms with Gasteiger partial charge in [-0.25, -0.2) is 0 Å². The summed E-state index contributed by atoms with van der Waals surface area (Å²) < 4.78 is 0. The number of nitrogens with zero attached hydrogens (tertiary/aromatic N) is 1. The van der Waals surface area contributed by atoms with Gasteiger partial charge in [-0.1, -0.05) is 49.2 Å². The number of aliphatic hydroxyl groups excluding tert-OH is 2. The second-order valence-corrected chi connectivity index (χ2v) is 7.58. The molecule has 3 N–H and O–H groups in total. The van der Waals surface area contributed by atoms with E-state index in [1.54, 1.807) is 11.0 Å². The molecule has 0 aliphatic heterocycles. The number of aliphatic hydroxyl groups is 2. The zero-order valence-electron chi connectivity index (χ0n) is 16.5. The number of nitrogens with one attached hydrogen (secondary N) is 1. The Kier molecular flexibility index (Phi) is 8.67. The molecule has 6 nitrogen and oxygen atoms in total. The molecule has 0 bridgehead atoms. The van der Waals surface area contributed by atoms with Crippen LogP contribution in [-0.4, -0.2) is 52.2 Å². The molecule has 6 heteroatoms. The van der Waals surface area contributed by atoms with Crippen molar-refractivity contribution in [2.24, 2.45) is 5.92 Å². The Bertz CT molecular complexity index is 641. The highest BCUT2D eigenvalue weighted by Crippen LogP contribution is 2.30. The second-order valence-electron chi connectivity index (χ2n) is 7.58. The maximum absolute atomic E-state index is 12.9. The summed E-state index contributed by atoms with van der Waals surface area (Å²) in [7, 11) is 0. The van der Waals surface area contributed by atoms with Gasteiger partial charge in [-0.3, -0.25) is 9.59 Å². The van der Waals surface area contributed by atoms with Gasteiger partial charge in [-0.2, -0.15) is 0 Å². The number of hydrogen-bond acceptors (Lipinski definition) is 4. The van der Waals surface area contributed by atoms with Crippen LogP contribution in [0.25, 0.3) is 0 Å². The van der Waals surface area contributed by atoms with Crippen LogP contribution < -0.4 is 5.32 Å². The maximum Gasteiger partial charge on any atom is 0.224 e. The summed E-state index contributed by atoms with van der Waals surface area (Å²) in [5.41, 5.74) is 0.410. The van der Waals surface area contributed by atoms with Gasteiger partial charge in [0.1, 0.15) is 0 Å². The van der Waals surface area contributed by atoms with Gasteiger partial charge in [0.2, 0.25) is 11.8 Å². The van der Waals surface area contributed by atoms with Crippen LogP contribution in [0.1, 0.15) is 44.1 Å². The quantitative estimate of drug-likeness (QED) is 0.506. The average molecular weight is 389 g/mol. The fourth-order valence-corrected chi connectivity index (χ4v) is 3.78. The van der Waals surface area contributed by atoms with E-state index in [1.165, 1.54) is 0 Å². The largest absolute Gasteiger partial charge is 0.395 e. The van der Waals surface area contributed by atoms with E-state index in [9.17, 15) is 19.8 Å². The fourth-order valence-electron chi connectivity index (χ4n) is 3.78. The Morgan fingerprint density at radius 1 is 1.21 bits per heavy atom. The number of carbonyl (C=O) groups is 2. The molecule has 0 unspecified atom stereocenters. The van der Waals surface area contributed by atoms with Crippen molar-refractivity contribution in [2.75, 3.05) is 19.8 Å². The number of carbonyl (C=O) groups excluding carboxylic acids is 2. The van der Waals surface area contributed by atoms with Crippen molar-refractivity contribution >= 4 is 11.8 Å². The van der Waals surface area contributed by atoms with Crippen molar-refractivity contribution < 1.29 is 19.8 Å². The number of rotatable bonds is 11. The second kappa shape index (κ2) is 11.0. The molecule has 1 saturated carbocycles. The van der Waals surface area contributed by atoms with E-state index >= 15 is 0 Å². The van der Waals surface area contributed by atoms with Crippen molar-refractivity contribution in [1.29, 1.82) is 0 Å². The predicted octanol–water partition coefficient (Wildman–Crippen LogP) is 2.01. The lowest BCUT2D eigenvalue weighted by Crippen LogP contribution is -2.51. The zero-order chi connectivity index (χ0) is 20.4. The number of hydrogen-bond donors (Lipinski definition) is 3. The third-order valence-corrected chi connectivity index (χ3v) is 5.43. The third-order valence-electron chi connectivity index (χ3n) is 5.43. The van der Waals surface area contributed by atoms with Gasteiger partial charge in [0.25, 0.3) is 0 Å². The van der Waals surface area contributed by atoms with Crippen LogP contribution >= 0.6 is 0 Å². The standard InChI is InChI=1S/C22H32N2O4/c1-2-8-19(21(28)23-22(17-26)11-6-7-12-22)15-20(27)24(13-14-25)16-18-9-4-3-5-10-18/h2-5,9-10,19,25-26H,1,6-8,11-17H2,(H,23,28)/t19-/m1/s1. The summed E-state index contributed by atoms with van der Waals surface area (Å²) in [6.45, 7) is 4.11. The van der Waals surface area contributed by atoms with Crippen molar-refractivity contribution in [2.45, 2.75) is 50.6 Å². The van der Waals surface area contributed by atoms with Gasteiger partial charge in [0.05, 0.1) is 24.7 Å². The first kappa shape index (κ1) is 22.1. The number of amides is 2. The van der Waals surface area contributed by atoms with E-state index in [-0.39, 0.29) is 38.0 Å². The molecule has 1 aliphatic rings. The molecule has 2 rings (SSSR count). The molecule has 2 amide bonds. The molecule has 0 heterocycles. The van der Waals surface area contributed by atoms with E-state index in [0.29, 0.717) is 13.0 Å². The number of benzene rings is 1. The first-order valence-corrected chi connectivity index (χ1v) is 10.00. The smallest absolute Gasteiger partial charge is 0.224 e. The highest BCUT2D eigenvalue weighted by molar-refractivity contribution is 5.86. The van der Waals surface area contributed by atoms with E-state index in [1.807, 2.05) is 30.3 Å². The molecular formula is C22H32N2O4. The summed E-state index contributed by atoms with van der Waals surface area (Å²) >= 11 is 0. The van der Waals surface area contributed by atoms with Crippen LogP contribution in [0.4, 0.5) is 0 Å². The molecular weight excluding hydrogens is 356 g/mol. The first-order chi connectivity index (χ1) is 13.5. The van der Waals surface area contributed by atoms with Crippen LogP contribution in [0.5, 0.6) is 0 Å². The molecule has 0 spiro atoms. The van der Waals surface area contributed by atoms with Crippen molar-refractivity contribution in [1.82, 2.24) is 10.2 Å². The van der Waals surface area contributed by atoms with E-state index < -0.39 is 11.5 Å². The van der Waals surface area contributed by atoms with Crippen molar-refractivity contribution in [3.8, 4) is 0 Å². The van der Waals surface area contributed by atoms with Crippen LogP contribution in [0.15, 0.2) is 43.0 Å². The topological polar surface area (TPSA) is 89.9 Å². The monoisotopic (exact) mass is 388 g/mol. The SMILES string of the molecule is C=CC[C@H](CC(=O)N(CCO)Cc1ccccc1)C(=O)NC1(CO)CCCC1. The molecule has 1 fully saturated rings. The molecule has 0 saturated heterocycles. The van der Waals surface area contributed by atoms with Gasteiger partial charge >= 0.3 is 0 Å². The summed E-state index contributed by atoms with van der Waals surface area (Å²) in [5, 5.41) is 22.1. The van der Waals surface area contributed by atoms with Crippen LogP contribution in [0.2, 0.25) is 0 Å². The van der Waals surface area contributed by atoms with E-state index in [0.717, 1.165) is 31.2 Å². The summed E-state index contributed by atoms with van der Waals surface area (Å²) in [5.74, 6) is -0.928. The molecule has 28 heavy (non-hydrogen) atoms. The summed E-state index contributed by atoms with van der Waals surface area (Å²) in [6.07, 6.45) is 5.55. The maximum atomic E-state index is 12.9. The normalized spacial score (nSPS) is 16.4. The molecule has 1 atom stereocenters. The molecule has 0 aromatic heterocycles. The van der Waals surface area contributed by atoms with Gasteiger partial charge < -0.3 is 20.4 Å². The lowest BCUT2D eigenvalue weighted by atomic mass is 9.94. The van der Waals surface area contributed by atoms with Gasteiger partial charge in [-0.05, 0) is 24.8 Å². The fraction of sp³-hybridized carbons (Fsp3) is 0.545. The van der Waals surface area contributed by atoms with Crippen LogP contribution in [0, 0.1) is 5.92 Å². The Morgan fingerprint density at radius 2 is 1.89 bits per heavy atom. The van der Waals surface area contributed by atoms with Crippen LogP contribution in [-0.2, 0) is 16.1 Å². The predicted molar refractivity (Wildman–Crippen MR) is 108 cm³/mol. The third kappa shape index (κ3) is 6.17. The van der Waals surface area contributed by atoms with Gasteiger partial charge in [-0.15, -0.1) is 6.58 Å². The lowest BCUT2D eigenvalue weighted by molar-refractivity contribution is -0.138. The van der Waals surface area contributed by atoms with E-state index in [4.69, 9.17) is 0 Å². The Balaban J connectivity index is 2.04. The van der Waals surface area contributed by atoms with Crippen molar-refractivity contribution in [3.63, 3.8) is 0 Å². The molecule has 0 radical (unpaired) electrons. The molecule has 1 aromatic carbocycles.